The van der Waals surface area contributed by atoms with Gasteiger partial charge in [0, 0.05) is 29.5 Å². The maximum atomic E-state index is 13.9. The van der Waals surface area contributed by atoms with E-state index in [1.807, 2.05) is 18.2 Å². The fourth-order valence-electron chi connectivity index (χ4n) is 3.03. The third-order valence-corrected chi connectivity index (χ3v) is 5.16. The second kappa shape index (κ2) is 9.59. The molecule has 0 bridgehead atoms. The molecule has 0 atom stereocenters. The lowest BCUT2D eigenvalue weighted by Crippen LogP contribution is -2.19. The zero-order valence-corrected chi connectivity index (χ0v) is 18.3. The molecule has 4 rings (SSSR count). The van der Waals surface area contributed by atoms with Gasteiger partial charge in [0.2, 0.25) is 0 Å². The highest BCUT2D eigenvalue weighted by Gasteiger charge is 2.19. The van der Waals surface area contributed by atoms with Gasteiger partial charge in [-0.3, -0.25) is 9.36 Å². The van der Waals surface area contributed by atoms with E-state index >= 15 is 0 Å². The van der Waals surface area contributed by atoms with Crippen LogP contribution in [-0.4, -0.2) is 24.7 Å². The van der Waals surface area contributed by atoms with Crippen LogP contribution in [0.15, 0.2) is 55.0 Å². The van der Waals surface area contributed by atoms with Gasteiger partial charge >= 0.3 is 0 Å². The summed E-state index contributed by atoms with van der Waals surface area (Å²) >= 11 is 11.4. The van der Waals surface area contributed by atoms with E-state index in [1.165, 1.54) is 12.3 Å². The number of thiocarbonyl (C=S) groups is 1. The number of aromatic nitrogens is 4. The molecule has 0 spiro atoms. The van der Waals surface area contributed by atoms with Crippen molar-refractivity contribution in [1.29, 1.82) is 0 Å². The highest BCUT2D eigenvalue weighted by molar-refractivity contribution is 7.80. The third-order valence-electron chi connectivity index (χ3n) is 4.59. The maximum absolute atomic E-state index is 13.9. The molecule has 2 aromatic carbocycles. The average molecular weight is 495 g/mol. The minimum Gasteiger partial charge on any atom is -0.330 e. The number of nitrogens with one attached hydrogen (secondary N) is 2. The van der Waals surface area contributed by atoms with Crippen molar-refractivity contribution in [1.82, 2.24) is 19.6 Å². The summed E-state index contributed by atoms with van der Waals surface area (Å²) in [6.07, 6.45) is 4.70. The number of nitrogens with zero attached hydrogens (tertiary/aromatic N) is 4. The van der Waals surface area contributed by atoms with Gasteiger partial charge in [0.05, 0.1) is 30.5 Å². The number of anilines is 2. The first-order valence-electron chi connectivity index (χ1n) is 9.49. The van der Waals surface area contributed by atoms with Crippen molar-refractivity contribution in [2.45, 2.75) is 13.1 Å². The normalized spacial score (nSPS) is 10.9. The molecule has 6 nitrogen and oxygen atoms in total. The van der Waals surface area contributed by atoms with Crippen LogP contribution in [0.1, 0.15) is 11.1 Å². The molecule has 0 aliphatic carbocycles. The molecule has 2 heterocycles. The topological polar surface area (TPSA) is 59.7 Å². The van der Waals surface area contributed by atoms with E-state index in [4.69, 9.17) is 23.8 Å². The summed E-state index contributed by atoms with van der Waals surface area (Å²) in [5, 5.41) is 14.9. The van der Waals surface area contributed by atoms with Crippen molar-refractivity contribution in [2.24, 2.45) is 0 Å². The van der Waals surface area contributed by atoms with E-state index in [0.29, 0.717) is 17.3 Å². The predicted octanol–water partition coefficient (Wildman–Crippen LogP) is 5.19. The molecule has 2 aromatic heterocycles. The zero-order chi connectivity index (χ0) is 23.5. The van der Waals surface area contributed by atoms with Crippen LogP contribution < -0.4 is 10.6 Å². The summed E-state index contributed by atoms with van der Waals surface area (Å²) in [6, 6.07) is 9.07. The molecular weight excluding hydrogens is 480 g/mol. The van der Waals surface area contributed by atoms with Gasteiger partial charge < -0.3 is 10.6 Å². The average Bonchev–Trinajstić information content (AvgIpc) is 3.40. The fourth-order valence-corrected chi connectivity index (χ4v) is 3.45. The summed E-state index contributed by atoms with van der Waals surface area (Å²) in [5.41, 5.74) is 0.748. The molecule has 0 unspecified atom stereocenters. The summed E-state index contributed by atoms with van der Waals surface area (Å²) in [4.78, 5) is 0. The quantitative estimate of drug-likeness (QED) is 0.219. The van der Waals surface area contributed by atoms with Crippen molar-refractivity contribution >= 4 is 40.4 Å². The summed E-state index contributed by atoms with van der Waals surface area (Å²) in [5.74, 6) is -5.63. The monoisotopic (exact) mass is 494 g/mol. The van der Waals surface area contributed by atoms with Crippen LogP contribution in [0.3, 0.4) is 0 Å². The Hall–Kier alpha value is -3.44. The van der Waals surface area contributed by atoms with Crippen LogP contribution in [-0.2, 0) is 13.1 Å². The van der Waals surface area contributed by atoms with Crippen LogP contribution in [0.2, 0.25) is 5.02 Å². The lowest BCUT2D eigenvalue weighted by molar-refractivity contribution is 0.431. The van der Waals surface area contributed by atoms with E-state index < -0.39 is 35.4 Å². The van der Waals surface area contributed by atoms with Crippen molar-refractivity contribution in [3.63, 3.8) is 0 Å². The van der Waals surface area contributed by atoms with E-state index in [1.54, 1.807) is 23.1 Å². The molecule has 0 fully saturated rings. The number of hydrogen-bond acceptors (Lipinski definition) is 3. The van der Waals surface area contributed by atoms with Crippen molar-refractivity contribution in [2.75, 3.05) is 10.6 Å². The van der Waals surface area contributed by atoms with E-state index in [2.05, 4.69) is 20.8 Å². The van der Waals surface area contributed by atoms with Gasteiger partial charge in [0.1, 0.15) is 0 Å². The molecule has 0 aliphatic heterocycles. The highest BCUT2D eigenvalue weighted by Crippen LogP contribution is 2.21. The number of halogens is 5. The molecule has 12 heteroatoms. The minimum absolute atomic E-state index is 0.158. The smallest absolute Gasteiger partial charge is 0.176 e. The molecule has 0 amide bonds. The SMILES string of the molecule is Fc1cc(F)c(F)c(Cn2ccc(NC(=S)Nc3cnn(Cc4ccccc4Cl)c3)n2)c1F. The fraction of sp³-hybridized carbons (Fsp3) is 0.0952. The first-order chi connectivity index (χ1) is 15.8. The third kappa shape index (κ3) is 5.32. The Bertz CT molecular complexity index is 1300. The molecule has 33 heavy (non-hydrogen) atoms. The van der Waals surface area contributed by atoms with Gasteiger partial charge in [-0.1, -0.05) is 29.8 Å². The molecule has 170 valence electrons. The molecule has 2 N–H and O–H groups in total. The zero-order valence-electron chi connectivity index (χ0n) is 16.7. The summed E-state index contributed by atoms with van der Waals surface area (Å²) in [6.45, 7) is -0.0389. The number of benzene rings is 2. The van der Waals surface area contributed by atoms with Gasteiger partial charge in [-0.2, -0.15) is 10.2 Å². The van der Waals surface area contributed by atoms with E-state index in [-0.39, 0.29) is 17.0 Å². The predicted molar refractivity (Wildman–Crippen MR) is 120 cm³/mol. The van der Waals surface area contributed by atoms with Crippen molar-refractivity contribution < 1.29 is 17.6 Å². The van der Waals surface area contributed by atoms with Crippen molar-refractivity contribution in [3.8, 4) is 0 Å². The van der Waals surface area contributed by atoms with Gasteiger partial charge in [0.25, 0.3) is 0 Å². The lowest BCUT2D eigenvalue weighted by atomic mass is 10.2. The van der Waals surface area contributed by atoms with E-state index in [9.17, 15) is 17.6 Å². The first-order valence-corrected chi connectivity index (χ1v) is 10.3. The largest absolute Gasteiger partial charge is 0.330 e. The minimum atomic E-state index is -1.48. The number of hydrogen-bond donors (Lipinski definition) is 2. The van der Waals surface area contributed by atoms with Crippen LogP contribution >= 0.6 is 23.8 Å². The Kier molecular flexibility index (Phi) is 6.61. The Balaban J connectivity index is 1.37. The van der Waals surface area contributed by atoms with Crippen LogP contribution in [0, 0.1) is 23.3 Å². The van der Waals surface area contributed by atoms with Crippen LogP contribution in [0.4, 0.5) is 29.1 Å². The molecular formula is C21H15ClF4N6S. The second-order valence-corrected chi connectivity index (χ2v) is 7.76. The Morgan fingerprint density at radius 3 is 2.42 bits per heavy atom. The summed E-state index contributed by atoms with van der Waals surface area (Å²) < 4.78 is 57.3. The van der Waals surface area contributed by atoms with Gasteiger partial charge in [-0.25, -0.2) is 17.6 Å². The molecule has 0 radical (unpaired) electrons. The first kappa shape index (κ1) is 22.7. The van der Waals surface area contributed by atoms with Crippen molar-refractivity contribution in [3.05, 3.63) is 94.4 Å². The van der Waals surface area contributed by atoms with E-state index in [0.717, 1.165) is 10.2 Å². The number of rotatable bonds is 6. The Labute approximate surface area is 195 Å². The Morgan fingerprint density at radius 1 is 0.970 bits per heavy atom. The molecule has 0 saturated heterocycles. The Morgan fingerprint density at radius 2 is 1.70 bits per heavy atom. The maximum Gasteiger partial charge on any atom is 0.176 e. The highest BCUT2D eigenvalue weighted by atomic mass is 35.5. The molecule has 4 aromatic rings. The van der Waals surface area contributed by atoms with Gasteiger partial charge in [-0.05, 0) is 23.8 Å². The second-order valence-electron chi connectivity index (χ2n) is 6.94. The van der Waals surface area contributed by atoms with Crippen LogP contribution in [0.5, 0.6) is 0 Å². The van der Waals surface area contributed by atoms with Gasteiger partial charge in [-0.15, -0.1) is 0 Å². The standard InChI is InChI=1S/C21H15ClF4N6S/c22-15-4-2-1-3-12(15)9-32-10-13(8-27-32)28-21(33)29-18-5-6-31(30-18)11-14-19(25)16(23)7-17(24)20(14)26/h1-8,10H,9,11H2,(H2,28,29,30,33). The molecule has 0 aliphatic rings. The summed E-state index contributed by atoms with van der Waals surface area (Å²) in [7, 11) is 0. The van der Waals surface area contributed by atoms with Gasteiger partial charge in [0.15, 0.2) is 34.2 Å². The lowest BCUT2D eigenvalue weighted by Gasteiger charge is -2.08. The van der Waals surface area contributed by atoms with Crippen LogP contribution in [0.25, 0.3) is 0 Å². The molecule has 0 saturated carbocycles.